The van der Waals surface area contributed by atoms with Crippen LogP contribution in [0.25, 0.3) is 0 Å². The van der Waals surface area contributed by atoms with E-state index < -0.39 is 5.54 Å². The molecule has 1 aliphatic rings. The van der Waals surface area contributed by atoms with Gasteiger partial charge in [-0.15, -0.1) is 11.3 Å². The number of rotatable bonds is 3. The highest BCUT2D eigenvalue weighted by atomic mass is 32.1. The molecule has 0 aromatic carbocycles. The molecule has 114 valence electrons. The van der Waals surface area contributed by atoms with Gasteiger partial charge in [-0.3, -0.25) is 14.7 Å². The first-order chi connectivity index (χ1) is 10.4. The summed E-state index contributed by atoms with van der Waals surface area (Å²) in [5, 5.41) is 3.70. The summed E-state index contributed by atoms with van der Waals surface area (Å²) in [6.45, 7) is 5.75. The summed E-state index contributed by atoms with van der Waals surface area (Å²) < 4.78 is 0. The van der Waals surface area contributed by atoms with Crippen LogP contribution in [0.1, 0.15) is 28.1 Å². The van der Waals surface area contributed by atoms with Crippen LogP contribution in [0.15, 0.2) is 24.5 Å². The lowest BCUT2D eigenvalue weighted by molar-refractivity contribution is -0.131. The number of aryl methyl sites for hydroxylation is 2. The quantitative estimate of drug-likeness (QED) is 0.880. The monoisotopic (exact) mass is 316 g/mol. The van der Waals surface area contributed by atoms with Crippen LogP contribution in [0.3, 0.4) is 0 Å². The van der Waals surface area contributed by atoms with Gasteiger partial charge in [0.25, 0.3) is 5.91 Å². The lowest BCUT2D eigenvalue weighted by Gasteiger charge is -2.21. The molecule has 3 heterocycles. The Morgan fingerprint density at radius 2 is 2.14 bits per heavy atom. The second-order valence-electron chi connectivity index (χ2n) is 5.43. The molecule has 7 heteroatoms. The number of hydrogen-bond donors (Lipinski definition) is 1. The largest absolute Gasteiger partial charge is 0.325 e. The Hall–Kier alpha value is -2.28. The molecule has 1 atom stereocenters. The van der Waals surface area contributed by atoms with Gasteiger partial charge >= 0.3 is 6.03 Å². The summed E-state index contributed by atoms with van der Waals surface area (Å²) in [6, 6.07) is 3.15. The van der Waals surface area contributed by atoms with Crippen LogP contribution in [0, 0.1) is 13.8 Å². The maximum atomic E-state index is 12.8. The molecule has 1 N–H and O–H groups in total. The average Bonchev–Trinajstić information content (AvgIpc) is 2.92. The van der Waals surface area contributed by atoms with Gasteiger partial charge in [0.2, 0.25) is 0 Å². The van der Waals surface area contributed by atoms with Gasteiger partial charge in [0.05, 0.1) is 17.2 Å². The van der Waals surface area contributed by atoms with Crippen molar-refractivity contribution in [3.8, 4) is 0 Å². The third-order valence-corrected chi connectivity index (χ3v) is 4.87. The highest BCUT2D eigenvalue weighted by molar-refractivity contribution is 7.11. The number of amides is 3. The standard InChI is InChI=1S/C15H16N4O2S/c1-9-12(22-10(2)17-9)8-19-13(20)15(3,18-14(19)21)11-5-4-6-16-7-11/h4-7H,8H2,1-3H3,(H,18,21). The molecule has 2 aromatic rings. The third kappa shape index (κ3) is 2.27. The molecule has 1 fully saturated rings. The highest BCUT2D eigenvalue weighted by Gasteiger charge is 2.49. The fourth-order valence-corrected chi connectivity index (χ4v) is 3.48. The molecule has 3 rings (SSSR count). The Bertz CT molecular complexity index is 743. The molecule has 22 heavy (non-hydrogen) atoms. The number of carbonyl (C=O) groups is 2. The number of nitrogens with zero attached hydrogens (tertiary/aromatic N) is 3. The van der Waals surface area contributed by atoms with E-state index in [1.807, 2.05) is 13.8 Å². The molecule has 1 aliphatic heterocycles. The predicted octanol–water partition coefficient (Wildman–Crippen LogP) is 2.12. The van der Waals surface area contributed by atoms with E-state index in [0.717, 1.165) is 15.6 Å². The van der Waals surface area contributed by atoms with E-state index in [1.54, 1.807) is 31.5 Å². The van der Waals surface area contributed by atoms with Crippen molar-refractivity contribution in [1.82, 2.24) is 20.2 Å². The zero-order valence-corrected chi connectivity index (χ0v) is 13.4. The topological polar surface area (TPSA) is 75.2 Å². The van der Waals surface area contributed by atoms with Gasteiger partial charge in [-0.05, 0) is 26.8 Å². The molecule has 0 aliphatic carbocycles. The zero-order chi connectivity index (χ0) is 15.9. The minimum atomic E-state index is -1.07. The van der Waals surface area contributed by atoms with Crippen LogP contribution in [0.2, 0.25) is 0 Å². The number of aromatic nitrogens is 2. The molecule has 0 saturated carbocycles. The van der Waals surface area contributed by atoms with E-state index in [9.17, 15) is 9.59 Å². The molecule has 6 nitrogen and oxygen atoms in total. The number of hydrogen-bond acceptors (Lipinski definition) is 5. The van der Waals surface area contributed by atoms with Crippen molar-refractivity contribution in [2.24, 2.45) is 0 Å². The number of urea groups is 1. The Morgan fingerprint density at radius 1 is 1.36 bits per heavy atom. The fourth-order valence-electron chi connectivity index (χ4n) is 2.56. The van der Waals surface area contributed by atoms with Crippen molar-refractivity contribution in [2.45, 2.75) is 32.9 Å². The first-order valence-corrected chi connectivity index (χ1v) is 7.71. The summed E-state index contributed by atoms with van der Waals surface area (Å²) >= 11 is 1.50. The fraction of sp³-hybridized carbons (Fsp3) is 0.333. The van der Waals surface area contributed by atoms with E-state index in [0.29, 0.717) is 5.56 Å². The van der Waals surface area contributed by atoms with E-state index >= 15 is 0 Å². The lowest BCUT2D eigenvalue weighted by Crippen LogP contribution is -2.40. The summed E-state index contributed by atoms with van der Waals surface area (Å²) in [4.78, 5) is 35.6. The third-order valence-electron chi connectivity index (χ3n) is 3.82. The number of pyridine rings is 1. The Labute approximate surface area is 132 Å². The number of thiazole rings is 1. The van der Waals surface area contributed by atoms with Crippen molar-refractivity contribution in [3.05, 3.63) is 45.7 Å². The first kappa shape index (κ1) is 14.6. The zero-order valence-electron chi connectivity index (χ0n) is 12.6. The van der Waals surface area contributed by atoms with E-state index in [2.05, 4.69) is 15.3 Å². The summed E-state index contributed by atoms with van der Waals surface area (Å²) in [5.74, 6) is -0.268. The van der Waals surface area contributed by atoms with Gasteiger partial charge in [0.15, 0.2) is 0 Å². The number of imide groups is 1. The van der Waals surface area contributed by atoms with Crippen molar-refractivity contribution in [1.29, 1.82) is 0 Å². The second kappa shape index (κ2) is 5.17. The Balaban J connectivity index is 1.90. The lowest BCUT2D eigenvalue weighted by atomic mass is 9.93. The van der Waals surface area contributed by atoms with Crippen molar-refractivity contribution in [2.75, 3.05) is 0 Å². The van der Waals surface area contributed by atoms with Gasteiger partial charge in [-0.25, -0.2) is 9.78 Å². The molecule has 1 unspecified atom stereocenters. The molecule has 1 saturated heterocycles. The van der Waals surface area contributed by atoms with E-state index in [1.165, 1.54) is 16.2 Å². The molecular formula is C15H16N4O2S. The maximum absolute atomic E-state index is 12.8. The first-order valence-electron chi connectivity index (χ1n) is 6.89. The Kier molecular flexibility index (Phi) is 3.44. The van der Waals surface area contributed by atoms with Gasteiger partial charge in [-0.1, -0.05) is 6.07 Å². The van der Waals surface area contributed by atoms with Crippen molar-refractivity contribution < 1.29 is 9.59 Å². The summed E-state index contributed by atoms with van der Waals surface area (Å²) in [7, 11) is 0. The van der Waals surface area contributed by atoms with Gasteiger partial charge in [0.1, 0.15) is 5.54 Å². The molecular weight excluding hydrogens is 300 g/mol. The van der Waals surface area contributed by atoms with Crippen LogP contribution in [0.4, 0.5) is 4.79 Å². The van der Waals surface area contributed by atoms with Crippen LogP contribution in [0.5, 0.6) is 0 Å². The SMILES string of the molecule is Cc1nc(C)c(CN2C(=O)NC(C)(c3cccnc3)C2=O)s1. The van der Waals surface area contributed by atoms with Crippen LogP contribution < -0.4 is 5.32 Å². The summed E-state index contributed by atoms with van der Waals surface area (Å²) in [6.07, 6.45) is 3.24. The minimum Gasteiger partial charge on any atom is -0.319 e. The Morgan fingerprint density at radius 3 is 2.73 bits per heavy atom. The number of nitrogens with one attached hydrogen (secondary N) is 1. The minimum absolute atomic E-state index is 0.248. The molecule has 0 bridgehead atoms. The molecule has 3 amide bonds. The van der Waals surface area contributed by atoms with E-state index in [4.69, 9.17) is 0 Å². The van der Waals surface area contributed by atoms with Gasteiger partial charge in [0, 0.05) is 22.8 Å². The van der Waals surface area contributed by atoms with Crippen LogP contribution in [-0.4, -0.2) is 26.8 Å². The van der Waals surface area contributed by atoms with E-state index in [-0.39, 0.29) is 18.5 Å². The molecule has 2 aromatic heterocycles. The van der Waals surface area contributed by atoms with Crippen molar-refractivity contribution >= 4 is 23.3 Å². The molecule has 0 radical (unpaired) electrons. The normalized spacial score (nSPS) is 21.3. The average molecular weight is 316 g/mol. The predicted molar refractivity (Wildman–Crippen MR) is 82.3 cm³/mol. The summed E-state index contributed by atoms with van der Waals surface area (Å²) in [5.41, 5.74) is 0.463. The number of carbonyl (C=O) groups excluding carboxylic acids is 2. The second-order valence-corrected chi connectivity index (χ2v) is 6.72. The van der Waals surface area contributed by atoms with Crippen LogP contribution >= 0.6 is 11.3 Å². The van der Waals surface area contributed by atoms with Crippen molar-refractivity contribution in [3.63, 3.8) is 0 Å². The molecule has 0 spiro atoms. The van der Waals surface area contributed by atoms with Gasteiger partial charge < -0.3 is 5.32 Å². The smallest absolute Gasteiger partial charge is 0.319 e. The van der Waals surface area contributed by atoms with Gasteiger partial charge in [-0.2, -0.15) is 0 Å². The highest BCUT2D eigenvalue weighted by Crippen LogP contribution is 2.30. The van der Waals surface area contributed by atoms with Crippen LogP contribution in [-0.2, 0) is 16.9 Å². The maximum Gasteiger partial charge on any atom is 0.325 e.